The number of rotatable bonds is 0. The molecule has 128 valence electrons. The van der Waals surface area contributed by atoms with Crippen LogP contribution in [-0.2, 0) is 4.79 Å². The summed E-state index contributed by atoms with van der Waals surface area (Å²) in [6.45, 7) is 5.15. The summed E-state index contributed by atoms with van der Waals surface area (Å²) in [5, 5.41) is 0. The standard InChI is InChI=1S/C22H34O/c1-14-7-10-21(2)15(13-14)3-4-16-17(21)8-11-22-12-9-20(23)19(22)6-5-18(16)22/h14-19H,3-13H2,1-2H3/t14-,15-,16?,17?,18?,19+,21-,22+/m0/s1. The largest absolute Gasteiger partial charge is 0.299 e. The highest BCUT2D eigenvalue weighted by atomic mass is 16.1. The molecular weight excluding hydrogens is 280 g/mol. The van der Waals surface area contributed by atoms with E-state index in [1.807, 2.05) is 0 Å². The van der Waals surface area contributed by atoms with Crippen LogP contribution < -0.4 is 0 Å². The van der Waals surface area contributed by atoms with E-state index in [0.29, 0.717) is 22.5 Å². The molecular formula is C22H34O. The zero-order valence-corrected chi connectivity index (χ0v) is 15.2. The van der Waals surface area contributed by atoms with E-state index in [4.69, 9.17) is 0 Å². The van der Waals surface area contributed by atoms with Crippen molar-refractivity contribution < 1.29 is 4.79 Å². The fourth-order valence-corrected chi connectivity index (χ4v) is 8.78. The maximum atomic E-state index is 12.4. The van der Waals surface area contributed by atoms with Gasteiger partial charge in [-0.2, -0.15) is 0 Å². The van der Waals surface area contributed by atoms with E-state index >= 15 is 0 Å². The van der Waals surface area contributed by atoms with E-state index in [-0.39, 0.29) is 0 Å². The Labute approximate surface area is 142 Å². The lowest BCUT2D eigenvalue weighted by Gasteiger charge is -2.61. The second-order valence-corrected chi connectivity index (χ2v) is 10.4. The van der Waals surface area contributed by atoms with Crippen molar-refractivity contribution in [2.75, 3.05) is 0 Å². The van der Waals surface area contributed by atoms with Crippen molar-refractivity contribution in [3.05, 3.63) is 0 Å². The third kappa shape index (κ3) is 1.83. The van der Waals surface area contributed by atoms with Crippen LogP contribution in [0.4, 0.5) is 0 Å². The summed E-state index contributed by atoms with van der Waals surface area (Å²) in [5.74, 6) is 5.94. The molecule has 0 bridgehead atoms. The first kappa shape index (κ1) is 15.0. The van der Waals surface area contributed by atoms with Crippen molar-refractivity contribution >= 4 is 5.78 Å². The van der Waals surface area contributed by atoms with Crippen molar-refractivity contribution in [1.82, 2.24) is 0 Å². The molecule has 5 aliphatic rings. The van der Waals surface area contributed by atoms with E-state index in [0.717, 1.165) is 36.0 Å². The SMILES string of the molecule is C[C@H]1CC[C@]2(C)C3CC[C@]45CCC(=O)[C@H]4CCC5C3CC[C@H]2C1. The molecule has 0 amide bonds. The molecule has 5 rings (SSSR count). The van der Waals surface area contributed by atoms with Crippen molar-refractivity contribution in [2.24, 2.45) is 46.3 Å². The summed E-state index contributed by atoms with van der Waals surface area (Å²) >= 11 is 0. The third-order valence-electron chi connectivity index (χ3n) is 9.87. The molecule has 5 aliphatic carbocycles. The molecule has 8 atom stereocenters. The van der Waals surface area contributed by atoms with Gasteiger partial charge in [0.25, 0.3) is 0 Å². The molecule has 23 heavy (non-hydrogen) atoms. The molecule has 1 heteroatoms. The molecule has 1 spiro atoms. The Bertz CT molecular complexity index is 524. The van der Waals surface area contributed by atoms with Gasteiger partial charge in [0.2, 0.25) is 0 Å². The number of ketones is 1. The van der Waals surface area contributed by atoms with Crippen LogP contribution in [0, 0.1) is 46.3 Å². The Morgan fingerprint density at radius 3 is 2.65 bits per heavy atom. The normalized spacial score (nSPS) is 58.3. The van der Waals surface area contributed by atoms with E-state index in [1.165, 1.54) is 64.2 Å². The molecule has 0 aromatic heterocycles. The molecule has 0 aliphatic heterocycles. The summed E-state index contributed by atoms with van der Waals surface area (Å²) in [5.41, 5.74) is 1.11. The number of carbonyl (C=O) groups excluding carboxylic acids is 1. The van der Waals surface area contributed by atoms with E-state index in [9.17, 15) is 4.79 Å². The number of Topliss-reactive ketones (excluding diaryl/α,β-unsaturated/α-hetero) is 1. The number of hydrogen-bond donors (Lipinski definition) is 0. The van der Waals surface area contributed by atoms with Crippen LogP contribution in [-0.4, -0.2) is 5.78 Å². The molecule has 5 saturated carbocycles. The molecule has 0 heterocycles. The predicted octanol–water partition coefficient (Wildman–Crippen LogP) is 5.62. The van der Waals surface area contributed by atoms with Crippen LogP contribution in [0.25, 0.3) is 0 Å². The topological polar surface area (TPSA) is 17.1 Å². The number of carbonyl (C=O) groups is 1. The molecule has 0 aromatic carbocycles. The summed E-state index contributed by atoms with van der Waals surface area (Å²) in [4.78, 5) is 12.4. The molecule has 0 radical (unpaired) electrons. The highest BCUT2D eigenvalue weighted by molar-refractivity contribution is 5.84. The molecule has 1 nitrogen and oxygen atoms in total. The first-order valence-corrected chi connectivity index (χ1v) is 10.6. The zero-order chi connectivity index (χ0) is 15.8. The Morgan fingerprint density at radius 2 is 1.78 bits per heavy atom. The molecule has 0 N–H and O–H groups in total. The summed E-state index contributed by atoms with van der Waals surface area (Å²) in [6.07, 6.45) is 15.1. The molecule has 5 fully saturated rings. The van der Waals surface area contributed by atoms with Gasteiger partial charge in [0, 0.05) is 12.3 Å². The molecule has 0 aromatic rings. The Balaban J connectivity index is 1.46. The van der Waals surface area contributed by atoms with Crippen LogP contribution >= 0.6 is 0 Å². The predicted molar refractivity (Wildman–Crippen MR) is 92.9 cm³/mol. The van der Waals surface area contributed by atoms with Gasteiger partial charge in [0.15, 0.2) is 0 Å². The van der Waals surface area contributed by atoms with Gasteiger partial charge in [0.05, 0.1) is 0 Å². The van der Waals surface area contributed by atoms with Crippen molar-refractivity contribution in [3.63, 3.8) is 0 Å². The third-order valence-corrected chi connectivity index (χ3v) is 9.87. The van der Waals surface area contributed by atoms with E-state index in [1.54, 1.807) is 0 Å². The Morgan fingerprint density at radius 1 is 0.913 bits per heavy atom. The average molecular weight is 315 g/mol. The van der Waals surface area contributed by atoms with E-state index in [2.05, 4.69) is 13.8 Å². The lowest BCUT2D eigenvalue weighted by molar-refractivity contribution is -0.129. The van der Waals surface area contributed by atoms with Gasteiger partial charge in [-0.15, -0.1) is 0 Å². The van der Waals surface area contributed by atoms with Crippen LogP contribution in [0.2, 0.25) is 0 Å². The minimum atomic E-state index is 0.476. The first-order valence-electron chi connectivity index (χ1n) is 10.6. The average Bonchev–Trinajstić information content (AvgIpc) is 3.06. The van der Waals surface area contributed by atoms with Crippen molar-refractivity contribution in [2.45, 2.75) is 84.5 Å². The zero-order valence-electron chi connectivity index (χ0n) is 15.2. The Kier molecular flexibility index (Phi) is 3.16. The maximum Gasteiger partial charge on any atom is 0.136 e. The first-order chi connectivity index (χ1) is 11.0. The minimum absolute atomic E-state index is 0.476. The van der Waals surface area contributed by atoms with Gasteiger partial charge in [-0.05, 0) is 98.2 Å². The van der Waals surface area contributed by atoms with Gasteiger partial charge in [-0.3, -0.25) is 4.79 Å². The lowest BCUT2D eigenvalue weighted by Crippen LogP contribution is -2.53. The molecule has 3 unspecified atom stereocenters. The van der Waals surface area contributed by atoms with Gasteiger partial charge in [0.1, 0.15) is 5.78 Å². The van der Waals surface area contributed by atoms with Crippen LogP contribution in [0.1, 0.15) is 84.5 Å². The van der Waals surface area contributed by atoms with E-state index < -0.39 is 0 Å². The summed E-state index contributed by atoms with van der Waals surface area (Å²) in [6, 6.07) is 0. The van der Waals surface area contributed by atoms with Gasteiger partial charge < -0.3 is 0 Å². The summed E-state index contributed by atoms with van der Waals surface area (Å²) in [7, 11) is 0. The van der Waals surface area contributed by atoms with Crippen LogP contribution in [0.5, 0.6) is 0 Å². The highest BCUT2D eigenvalue weighted by Crippen LogP contribution is 2.70. The van der Waals surface area contributed by atoms with Gasteiger partial charge in [-0.25, -0.2) is 0 Å². The quantitative estimate of drug-likeness (QED) is 0.567. The van der Waals surface area contributed by atoms with Gasteiger partial charge in [-0.1, -0.05) is 20.3 Å². The second kappa shape index (κ2) is 4.85. The monoisotopic (exact) mass is 314 g/mol. The maximum absolute atomic E-state index is 12.4. The highest BCUT2D eigenvalue weighted by Gasteiger charge is 2.64. The minimum Gasteiger partial charge on any atom is -0.299 e. The fourth-order valence-electron chi connectivity index (χ4n) is 8.78. The van der Waals surface area contributed by atoms with Crippen molar-refractivity contribution in [3.8, 4) is 0 Å². The fraction of sp³-hybridized carbons (Fsp3) is 0.955. The summed E-state index contributed by atoms with van der Waals surface area (Å²) < 4.78 is 0. The van der Waals surface area contributed by atoms with Crippen LogP contribution in [0.3, 0.4) is 0 Å². The second-order valence-electron chi connectivity index (χ2n) is 10.4. The Hall–Kier alpha value is -0.330. The smallest absolute Gasteiger partial charge is 0.136 e. The number of fused-ring (bicyclic) bond motifs is 4. The lowest BCUT2D eigenvalue weighted by atomic mass is 9.44. The van der Waals surface area contributed by atoms with Gasteiger partial charge >= 0.3 is 0 Å². The molecule has 0 saturated heterocycles. The number of hydrogen-bond acceptors (Lipinski definition) is 1. The van der Waals surface area contributed by atoms with Crippen LogP contribution in [0.15, 0.2) is 0 Å². The van der Waals surface area contributed by atoms with Crippen molar-refractivity contribution in [1.29, 1.82) is 0 Å².